The van der Waals surface area contributed by atoms with Crippen LogP contribution in [0.25, 0.3) is 0 Å². The molecule has 1 aromatic heterocycles. The van der Waals surface area contributed by atoms with Crippen LogP contribution < -0.4 is 4.74 Å². The first-order valence-electron chi connectivity index (χ1n) is 5.39. The second-order valence-corrected chi connectivity index (χ2v) is 4.21. The Morgan fingerprint density at radius 1 is 1.32 bits per heavy atom. The Labute approximate surface area is 114 Å². The molecule has 0 saturated carbocycles. The number of ether oxygens (including phenoxy) is 1. The zero-order valence-electron chi connectivity index (χ0n) is 10.2. The van der Waals surface area contributed by atoms with Crippen LogP contribution in [0.1, 0.15) is 17.0 Å². The average Bonchev–Trinajstić information content (AvgIpc) is 2.37. The molecule has 0 aliphatic carbocycles. The highest BCUT2D eigenvalue weighted by Crippen LogP contribution is 2.28. The minimum absolute atomic E-state index is 0.0173. The molecule has 0 amide bonds. The van der Waals surface area contributed by atoms with E-state index in [0.717, 1.165) is 6.07 Å². The summed E-state index contributed by atoms with van der Waals surface area (Å²) < 4.78 is 19.1. The van der Waals surface area contributed by atoms with E-state index in [2.05, 4.69) is 9.97 Å². The number of aromatic nitrogens is 2. The van der Waals surface area contributed by atoms with Gasteiger partial charge in [-0.25, -0.2) is 9.37 Å². The fourth-order valence-electron chi connectivity index (χ4n) is 1.43. The van der Waals surface area contributed by atoms with Crippen LogP contribution in [0.2, 0.25) is 5.15 Å². The highest BCUT2D eigenvalue weighted by Gasteiger charge is 2.12. The van der Waals surface area contributed by atoms with Crippen molar-refractivity contribution in [2.75, 3.05) is 0 Å². The molecule has 4 nitrogen and oxygen atoms in total. The van der Waals surface area contributed by atoms with Gasteiger partial charge < -0.3 is 4.74 Å². The predicted molar refractivity (Wildman–Crippen MR) is 67.7 cm³/mol. The van der Waals surface area contributed by atoms with Crippen LogP contribution in [0.3, 0.4) is 0 Å². The third kappa shape index (κ3) is 2.80. The van der Waals surface area contributed by atoms with Crippen molar-refractivity contribution >= 4 is 11.6 Å². The molecular formula is C13H9ClFN3O. The largest absolute Gasteiger partial charge is 0.435 e. The third-order valence-corrected chi connectivity index (χ3v) is 2.79. The van der Waals surface area contributed by atoms with Crippen LogP contribution in [0, 0.1) is 31.0 Å². The predicted octanol–water partition coefficient (Wildman–Crippen LogP) is 3.55. The second kappa shape index (κ2) is 5.21. The summed E-state index contributed by atoms with van der Waals surface area (Å²) in [6.07, 6.45) is 0. The molecule has 0 spiro atoms. The smallest absolute Gasteiger partial charge is 0.227 e. The molecule has 0 N–H and O–H groups in total. The number of nitriles is 1. The van der Waals surface area contributed by atoms with Crippen molar-refractivity contribution in [1.29, 1.82) is 5.26 Å². The summed E-state index contributed by atoms with van der Waals surface area (Å²) in [5.41, 5.74) is 0.745. The summed E-state index contributed by atoms with van der Waals surface area (Å²) in [6.45, 7) is 3.34. The van der Waals surface area contributed by atoms with E-state index in [1.165, 1.54) is 12.1 Å². The van der Waals surface area contributed by atoms with E-state index < -0.39 is 5.82 Å². The maximum Gasteiger partial charge on any atom is 0.227 e. The molecule has 0 fully saturated rings. The number of halogens is 2. The Balaban J connectivity index is 2.39. The summed E-state index contributed by atoms with van der Waals surface area (Å²) in [4.78, 5) is 8.03. The molecular weight excluding hydrogens is 269 g/mol. The van der Waals surface area contributed by atoms with E-state index in [-0.39, 0.29) is 22.3 Å². The number of hydrogen-bond acceptors (Lipinski definition) is 4. The van der Waals surface area contributed by atoms with Gasteiger partial charge in [-0.15, -0.1) is 0 Å². The molecule has 19 heavy (non-hydrogen) atoms. The van der Waals surface area contributed by atoms with Crippen LogP contribution in [0.4, 0.5) is 4.39 Å². The van der Waals surface area contributed by atoms with Crippen molar-refractivity contribution < 1.29 is 9.13 Å². The van der Waals surface area contributed by atoms with Gasteiger partial charge in [0.25, 0.3) is 0 Å². The standard InChI is InChI=1S/C13H9ClFN3O/c1-7-12(14)17-8(2)18-13(7)19-11-4-3-9(6-16)5-10(11)15/h3-5H,1-2H3. The minimum atomic E-state index is -0.633. The van der Waals surface area contributed by atoms with Gasteiger partial charge in [0.2, 0.25) is 5.88 Å². The second-order valence-electron chi connectivity index (χ2n) is 3.85. The van der Waals surface area contributed by atoms with Gasteiger partial charge >= 0.3 is 0 Å². The normalized spacial score (nSPS) is 10.1. The van der Waals surface area contributed by atoms with Crippen LogP contribution in [0.15, 0.2) is 18.2 Å². The fourth-order valence-corrected chi connectivity index (χ4v) is 1.63. The zero-order valence-corrected chi connectivity index (χ0v) is 11.0. The monoisotopic (exact) mass is 277 g/mol. The van der Waals surface area contributed by atoms with E-state index in [9.17, 15) is 4.39 Å². The molecule has 96 valence electrons. The molecule has 1 aromatic carbocycles. The van der Waals surface area contributed by atoms with Crippen LogP contribution in [-0.4, -0.2) is 9.97 Å². The van der Waals surface area contributed by atoms with Crippen molar-refractivity contribution in [3.8, 4) is 17.7 Å². The van der Waals surface area contributed by atoms with Crippen LogP contribution in [0.5, 0.6) is 11.6 Å². The van der Waals surface area contributed by atoms with Crippen molar-refractivity contribution in [3.05, 3.63) is 46.1 Å². The first-order chi connectivity index (χ1) is 9.01. The summed E-state index contributed by atoms with van der Waals surface area (Å²) in [5, 5.41) is 8.92. The maximum absolute atomic E-state index is 13.7. The molecule has 2 rings (SSSR count). The van der Waals surface area contributed by atoms with E-state index in [1.807, 2.05) is 6.07 Å². The topological polar surface area (TPSA) is 58.8 Å². The maximum atomic E-state index is 13.7. The van der Waals surface area contributed by atoms with Crippen molar-refractivity contribution in [3.63, 3.8) is 0 Å². The number of nitrogens with zero attached hydrogens (tertiary/aromatic N) is 3. The first-order valence-corrected chi connectivity index (χ1v) is 5.77. The Hall–Kier alpha value is -2.19. The molecule has 0 aliphatic rings. The summed E-state index contributed by atoms with van der Waals surface area (Å²) in [6, 6.07) is 5.78. The van der Waals surface area contributed by atoms with Crippen molar-refractivity contribution in [2.24, 2.45) is 0 Å². The minimum Gasteiger partial charge on any atom is -0.435 e. The lowest BCUT2D eigenvalue weighted by Crippen LogP contribution is -1.98. The van der Waals surface area contributed by atoms with Gasteiger partial charge in [-0.2, -0.15) is 10.2 Å². The van der Waals surface area contributed by atoms with Gasteiger partial charge in [-0.1, -0.05) is 11.6 Å². The Kier molecular flexibility index (Phi) is 3.63. The van der Waals surface area contributed by atoms with E-state index in [4.69, 9.17) is 21.6 Å². The molecule has 0 saturated heterocycles. The molecule has 0 radical (unpaired) electrons. The van der Waals surface area contributed by atoms with E-state index in [0.29, 0.717) is 11.4 Å². The fraction of sp³-hybridized carbons (Fsp3) is 0.154. The van der Waals surface area contributed by atoms with E-state index >= 15 is 0 Å². The Morgan fingerprint density at radius 3 is 2.68 bits per heavy atom. The van der Waals surface area contributed by atoms with Gasteiger partial charge in [0.15, 0.2) is 11.6 Å². The number of benzene rings is 1. The van der Waals surface area contributed by atoms with Crippen LogP contribution in [-0.2, 0) is 0 Å². The highest BCUT2D eigenvalue weighted by atomic mass is 35.5. The quantitative estimate of drug-likeness (QED) is 0.788. The molecule has 0 atom stereocenters. The van der Waals surface area contributed by atoms with Crippen molar-refractivity contribution in [1.82, 2.24) is 9.97 Å². The molecule has 0 bridgehead atoms. The summed E-state index contributed by atoms with van der Waals surface area (Å²) in [5.74, 6) is -0.0251. The SMILES string of the molecule is Cc1nc(Cl)c(C)c(Oc2ccc(C#N)cc2F)n1. The summed E-state index contributed by atoms with van der Waals surface area (Å²) in [7, 11) is 0. The number of hydrogen-bond donors (Lipinski definition) is 0. The first kappa shape index (κ1) is 13.2. The zero-order chi connectivity index (χ0) is 14.0. The van der Waals surface area contributed by atoms with E-state index in [1.54, 1.807) is 13.8 Å². The highest BCUT2D eigenvalue weighted by molar-refractivity contribution is 6.30. The molecule has 1 heterocycles. The van der Waals surface area contributed by atoms with Gasteiger partial charge in [0.05, 0.1) is 11.6 Å². The lowest BCUT2D eigenvalue weighted by atomic mass is 10.2. The average molecular weight is 278 g/mol. The molecule has 2 aromatic rings. The third-order valence-electron chi connectivity index (χ3n) is 2.42. The van der Waals surface area contributed by atoms with Gasteiger partial charge in [0, 0.05) is 5.56 Å². The van der Waals surface area contributed by atoms with Gasteiger partial charge in [-0.3, -0.25) is 0 Å². The number of rotatable bonds is 2. The molecule has 0 aliphatic heterocycles. The Morgan fingerprint density at radius 2 is 2.05 bits per heavy atom. The lowest BCUT2D eigenvalue weighted by molar-refractivity contribution is 0.422. The van der Waals surface area contributed by atoms with Gasteiger partial charge in [0.1, 0.15) is 11.0 Å². The van der Waals surface area contributed by atoms with Crippen molar-refractivity contribution in [2.45, 2.75) is 13.8 Å². The molecule has 0 unspecified atom stereocenters. The van der Waals surface area contributed by atoms with Crippen LogP contribution >= 0.6 is 11.6 Å². The molecule has 6 heteroatoms. The lowest BCUT2D eigenvalue weighted by Gasteiger charge is -2.09. The summed E-state index contributed by atoms with van der Waals surface area (Å²) >= 11 is 5.90. The number of aryl methyl sites for hydroxylation is 1. The Bertz CT molecular complexity index is 682. The van der Waals surface area contributed by atoms with Gasteiger partial charge in [-0.05, 0) is 32.0 Å².